The van der Waals surface area contributed by atoms with E-state index in [0.29, 0.717) is 24.4 Å². The molecule has 0 saturated heterocycles. The van der Waals surface area contributed by atoms with Crippen molar-refractivity contribution >= 4 is 11.9 Å². The zero-order valence-corrected chi connectivity index (χ0v) is 11.8. The molecule has 0 spiro atoms. The van der Waals surface area contributed by atoms with Crippen molar-refractivity contribution in [2.24, 2.45) is 0 Å². The van der Waals surface area contributed by atoms with Crippen molar-refractivity contribution in [1.82, 2.24) is 24.5 Å². The summed E-state index contributed by atoms with van der Waals surface area (Å²) in [6, 6.07) is 1.91. The molecule has 0 fully saturated rings. The fourth-order valence-electron chi connectivity index (χ4n) is 1.86. The second-order valence-electron chi connectivity index (χ2n) is 4.47. The van der Waals surface area contributed by atoms with Crippen molar-refractivity contribution in [2.75, 3.05) is 24.3 Å². The lowest BCUT2D eigenvalue weighted by Crippen LogP contribution is -2.21. The molecule has 0 amide bonds. The van der Waals surface area contributed by atoms with Gasteiger partial charge >= 0.3 is 0 Å². The number of nitrogens with zero attached hydrogens (tertiary/aromatic N) is 6. The number of hydrogen-bond acceptors (Lipinski definition) is 7. The second kappa shape index (κ2) is 5.61. The molecule has 3 rings (SSSR count). The highest BCUT2D eigenvalue weighted by Gasteiger charge is 2.11. The van der Waals surface area contributed by atoms with Crippen LogP contribution in [0, 0.1) is 0 Å². The Kier molecular flexibility index (Phi) is 3.50. The fourth-order valence-corrected chi connectivity index (χ4v) is 1.86. The van der Waals surface area contributed by atoms with Gasteiger partial charge in [-0.1, -0.05) is 0 Å². The number of hydrogen-bond donors (Lipinski definition) is 1. The van der Waals surface area contributed by atoms with Gasteiger partial charge in [0.25, 0.3) is 0 Å². The molecule has 3 aromatic rings. The molecule has 0 unspecified atom stereocenters. The second-order valence-corrected chi connectivity index (χ2v) is 4.47. The van der Waals surface area contributed by atoms with Crippen molar-refractivity contribution in [3.8, 4) is 5.95 Å². The molecule has 3 aromatic heterocycles. The predicted octanol–water partition coefficient (Wildman–Crippen LogP) is 1.33. The zero-order chi connectivity index (χ0) is 14.7. The van der Waals surface area contributed by atoms with E-state index in [4.69, 9.17) is 4.42 Å². The van der Waals surface area contributed by atoms with Gasteiger partial charge in [-0.05, 0) is 6.07 Å². The van der Waals surface area contributed by atoms with Crippen LogP contribution >= 0.6 is 0 Å². The van der Waals surface area contributed by atoms with Crippen LogP contribution in [0.5, 0.6) is 0 Å². The van der Waals surface area contributed by atoms with E-state index in [-0.39, 0.29) is 0 Å². The summed E-state index contributed by atoms with van der Waals surface area (Å²) in [4.78, 5) is 19.1. The highest BCUT2D eigenvalue weighted by molar-refractivity contribution is 5.39. The van der Waals surface area contributed by atoms with Crippen molar-refractivity contribution in [2.45, 2.75) is 6.54 Å². The highest BCUT2D eigenvalue weighted by atomic mass is 16.3. The standard InChI is InChI=1S/C13H15N7O/c1-14-11-16-12(19(2)7-10-3-6-21-8-10)18-13(17-11)20-5-4-15-9-20/h3-6,8-9H,7H2,1-2H3,(H,14,16,17,18). The number of imidazole rings is 1. The SMILES string of the molecule is CNc1nc(N(C)Cc2ccoc2)nc(-n2ccnc2)n1. The molecule has 21 heavy (non-hydrogen) atoms. The van der Waals surface area contributed by atoms with Crippen LogP contribution in [0.3, 0.4) is 0 Å². The van der Waals surface area contributed by atoms with Crippen LogP contribution in [0.1, 0.15) is 5.56 Å². The molecule has 0 radical (unpaired) electrons. The monoisotopic (exact) mass is 285 g/mol. The molecule has 0 aromatic carbocycles. The van der Waals surface area contributed by atoms with Crippen LogP contribution in [0.25, 0.3) is 5.95 Å². The molecule has 0 saturated carbocycles. The Hall–Kier alpha value is -2.90. The molecular formula is C13H15N7O. The molecule has 1 N–H and O–H groups in total. The number of anilines is 2. The Morgan fingerprint density at radius 1 is 1.33 bits per heavy atom. The number of rotatable bonds is 5. The van der Waals surface area contributed by atoms with E-state index in [1.54, 1.807) is 42.9 Å². The minimum absolute atomic E-state index is 0.503. The summed E-state index contributed by atoms with van der Waals surface area (Å²) in [5.74, 6) is 1.59. The van der Waals surface area contributed by atoms with E-state index in [1.165, 1.54) is 0 Å². The van der Waals surface area contributed by atoms with E-state index >= 15 is 0 Å². The topological polar surface area (TPSA) is 84.9 Å². The lowest BCUT2D eigenvalue weighted by Gasteiger charge is -2.17. The maximum absolute atomic E-state index is 5.07. The summed E-state index contributed by atoms with van der Waals surface area (Å²) in [6.07, 6.45) is 8.46. The molecule has 8 heteroatoms. The van der Waals surface area contributed by atoms with Gasteiger partial charge in [0.2, 0.25) is 17.8 Å². The van der Waals surface area contributed by atoms with Crippen molar-refractivity contribution < 1.29 is 4.42 Å². The molecular weight excluding hydrogens is 270 g/mol. The minimum atomic E-state index is 0.503. The van der Waals surface area contributed by atoms with Gasteiger partial charge in [0.15, 0.2) is 0 Å². The van der Waals surface area contributed by atoms with Crippen LogP contribution in [-0.4, -0.2) is 38.6 Å². The number of aromatic nitrogens is 5. The first kappa shape index (κ1) is 13.1. The largest absolute Gasteiger partial charge is 0.472 e. The fraction of sp³-hybridized carbons (Fsp3) is 0.231. The molecule has 108 valence electrons. The average molecular weight is 285 g/mol. The van der Waals surface area contributed by atoms with Gasteiger partial charge in [-0.25, -0.2) is 4.98 Å². The van der Waals surface area contributed by atoms with Gasteiger partial charge in [0, 0.05) is 38.6 Å². The third-order valence-corrected chi connectivity index (χ3v) is 2.91. The van der Waals surface area contributed by atoms with Gasteiger partial charge in [0.1, 0.15) is 6.33 Å². The maximum Gasteiger partial charge on any atom is 0.241 e. The molecule has 0 bridgehead atoms. The zero-order valence-electron chi connectivity index (χ0n) is 11.8. The highest BCUT2D eigenvalue weighted by Crippen LogP contribution is 2.14. The molecule has 0 aliphatic rings. The van der Waals surface area contributed by atoms with E-state index < -0.39 is 0 Å². The first-order valence-corrected chi connectivity index (χ1v) is 6.40. The van der Waals surface area contributed by atoms with Crippen molar-refractivity contribution in [3.05, 3.63) is 42.9 Å². The summed E-state index contributed by atoms with van der Waals surface area (Å²) >= 11 is 0. The predicted molar refractivity (Wildman–Crippen MR) is 77.3 cm³/mol. The van der Waals surface area contributed by atoms with Crippen LogP contribution in [0.15, 0.2) is 41.7 Å². The van der Waals surface area contributed by atoms with Gasteiger partial charge in [-0.2, -0.15) is 15.0 Å². The molecule has 3 heterocycles. The van der Waals surface area contributed by atoms with Gasteiger partial charge in [-0.15, -0.1) is 0 Å². The van der Waals surface area contributed by atoms with E-state index in [2.05, 4.69) is 25.3 Å². The Labute approximate surface area is 121 Å². The third kappa shape index (κ3) is 2.83. The Balaban J connectivity index is 1.92. The summed E-state index contributed by atoms with van der Waals surface area (Å²) < 4.78 is 6.81. The normalized spacial score (nSPS) is 10.6. The maximum atomic E-state index is 5.07. The molecule has 8 nitrogen and oxygen atoms in total. The quantitative estimate of drug-likeness (QED) is 0.756. The molecule has 0 aliphatic heterocycles. The van der Waals surface area contributed by atoms with E-state index in [9.17, 15) is 0 Å². The summed E-state index contributed by atoms with van der Waals surface area (Å²) in [5, 5.41) is 2.94. The summed E-state index contributed by atoms with van der Waals surface area (Å²) in [6.45, 7) is 0.646. The van der Waals surface area contributed by atoms with Gasteiger partial charge < -0.3 is 14.6 Å². The third-order valence-electron chi connectivity index (χ3n) is 2.91. The first-order chi connectivity index (χ1) is 10.3. The average Bonchev–Trinajstić information content (AvgIpc) is 3.20. The Bertz CT molecular complexity index is 693. The smallest absolute Gasteiger partial charge is 0.241 e. The molecule has 0 atom stereocenters. The number of furan rings is 1. The lowest BCUT2D eigenvalue weighted by atomic mass is 10.3. The van der Waals surface area contributed by atoms with E-state index in [1.807, 2.05) is 18.0 Å². The summed E-state index contributed by atoms with van der Waals surface area (Å²) in [5.41, 5.74) is 1.05. The Morgan fingerprint density at radius 3 is 2.90 bits per heavy atom. The van der Waals surface area contributed by atoms with Crippen LogP contribution < -0.4 is 10.2 Å². The van der Waals surface area contributed by atoms with Crippen LogP contribution in [0.2, 0.25) is 0 Å². The Morgan fingerprint density at radius 2 is 2.24 bits per heavy atom. The van der Waals surface area contributed by atoms with Crippen LogP contribution in [0.4, 0.5) is 11.9 Å². The van der Waals surface area contributed by atoms with Gasteiger partial charge in [0.05, 0.1) is 12.5 Å². The minimum Gasteiger partial charge on any atom is -0.472 e. The molecule has 0 aliphatic carbocycles. The van der Waals surface area contributed by atoms with Gasteiger partial charge in [-0.3, -0.25) is 4.57 Å². The van der Waals surface area contributed by atoms with Crippen LogP contribution in [-0.2, 0) is 6.54 Å². The summed E-state index contributed by atoms with van der Waals surface area (Å²) in [7, 11) is 3.69. The first-order valence-electron chi connectivity index (χ1n) is 6.40. The lowest BCUT2D eigenvalue weighted by molar-refractivity contribution is 0.563. The number of nitrogens with one attached hydrogen (secondary N) is 1. The van der Waals surface area contributed by atoms with Crippen molar-refractivity contribution in [3.63, 3.8) is 0 Å². The van der Waals surface area contributed by atoms with E-state index in [0.717, 1.165) is 5.56 Å². The van der Waals surface area contributed by atoms with Crippen molar-refractivity contribution in [1.29, 1.82) is 0 Å².